The lowest BCUT2D eigenvalue weighted by Gasteiger charge is -2.18. The van der Waals surface area contributed by atoms with Crippen LogP contribution in [0.25, 0.3) is 0 Å². The second kappa shape index (κ2) is 12.8. The zero-order valence-corrected chi connectivity index (χ0v) is 16.9. The molecular formula is C22H32F4O2. The molecule has 0 spiro atoms. The van der Waals surface area contributed by atoms with Gasteiger partial charge in [-0.2, -0.15) is 13.2 Å². The van der Waals surface area contributed by atoms with E-state index < -0.39 is 35.2 Å². The third-order valence-corrected chi connectivity index (χ3v) is 4.87. The smallest absolute Gasteiger partial charge is 0.417 e. The number of ether oxygens (including phenoxy) is 1. The van der Waals surface area contributed by atoms with Crippen LogP contribution in [0.5, 0.6) is 0 Å². The van der Waals surface area contributed by atoms with Crippen LogP contribution in [-0.2, 0) is 10.9 Å². The molecule has 0 radical (unpaired) electrons. The lowest BCUT2D eigenvalue weighted by Crippen LogP contribution is -2.21. The van der Waals surface area contributed by atoms with Gasteiger partial charge in [-0.15, -0.1) is 0 Å². The number of carbonyl (C=O) groups excluding carboxylic acids is 1. The first-order chi connectivity index (χ1) is 13.3. The van der Waals surface area contributed by atoms with Gasteiger partial charge in [-0.1, -0.05) is 65.2 Å². The highest BCUT2D eigenvalue weighted by Crippen LogP contribution is 2.33. The summed E-state index contributed by atoms with van der Waals surface area (Å²) in [6, 6.07) is 1.86. The predicted molar refractivity (Wildman–Crippen MR) is 103 cm³/mol. The summed E-state index contributed by atoms with van der Waals surface area (Å²) in [4.78, 5) is 12.2. The Bertz CT molecular complexity index is 584. The predicted octanol–water partition coefficient (Wildman–Crippen LogP) is 7.70. The van der Waals surface area contributed by atoms with Crippen molar-refractivity contribution in [2.24, 2.45) is 0 Å². The highest BCUT2D eigenvalue weighted by molar-refractivity contribution is 5.91. The Kier molecular flexibility index (Phi) is 11.2. The Morgan fingerprint density at radius 1 is 0.964 bits per heavy atom. The molecule has 1 aromatic rings. The molecule has 2 nitrogen and oxygen atoms in total. The van der Waals surface area contributed by atoms with Crippen molar-refractivity contribution in [3.8, 4) is 0 Å². The molecule has 0 aliphatic carbocycles. The summed E-state index contributed by atoms with van der Waals surface area (Å²) in [6.07, 6.45) is 6.37. The highest BCUT2D eigenvalue weighted by Gasteiger charge is 2.36. The number of carbonyl (C=O) groups is 1. The van der Waals surface area contributed by atoms with Gasteiger partial charge in [-0.25, -0.2) is 9.18 Å². The van der Waals surface area contributed by atoms with Crippen LogP contribution in [0.4, 0.5) is 17.6 Å². The summed E-state index contributed by atoms with van der Waals surface area (Å²) in [5, 5.41) is 0. The average molecular weight is 404 g/mol. The van der Waals surface area contributed by atoms with Crippen LogP contribution in [0.2, 0.25) is 0 Å². The fraction of sp³-hybridized carbons (Fsp3) is 0.682. The van der Waals surface area contributed by atoms with E-state index >= 15 is 0 Å². The number of rotatable bonds is 13. The van der Waals surface area contributed by atoms with Gasteiger partial charge >= 0.3 is 12.1 Å². The molecule has 1 atom stereocenters. The zero-order valence-electron chi connectivity index (χ0n) is 16.9. The Morgan fingerprint density at radius 3 is 2.07 bits per heavy atom. The van der Waals surface area contributed by atoms with E-state index in [1.54, 1.807) is 0 Å². The minimum Gasteiger partial charge on any atom is -0.459 e. The number of esters is 1. The summed E-state index contributed by atoms with van der Waals surface area (Å²) in [5.74, 6) is -2.01. The largest absolute Gasteiger partial charge is 0.459 e. The molecule has 6 heteroatoms. The maximum absolute atomic E-state index is 13.4. The Labute approximate surface area is 165 Å². The van der Waals surface area contributed by atoms with Gasteiger partial charge in [0.1, 0.15) is 11.9 Å². The lowest BCUT2D eigenvalue weighted by molar-refractivity contribution is -0.138. The fourth-order valence-corrected chi connectivity index (χ4v) is 3.18. The van der Waals surface area contributed by atoms with E-state index in [0.717, 1.165) is 19.3 Å². The summed E-state index contributed by atoms with van der Waals surface area (Å²) in [5.41, 5.74) is -1.94. The van der Waals surface area contributed by atoms with Crippen LogP contribution in [0.15, 0.2) is 18.2 Å². The molecule has 0 heterocycles. The van der Waals surface area contributed by atoms with Crippen molar-refractivity contribution in [2.75, 3.05) is 0 Å². The number of alkyl halides is 3. The van der Waals surface area contributed by atoms with Gasteiger partial charge in [0, 0.05) is 0 Å². The van der Waals surface area contributed by atoms with Crippen molar-refractivity contribution in [2.45, 2.75) is 96.8 Å². The number of halogens is 4. The third kappa shape index (κ3) is 9.07. The monoisotopic (exact) mass is 404 g/mol. The molecule has 0 N–H and O–H groups in total. The number of benzene rings is 1. The first kappa shape index (κ1) is 24.4. The molecule has 0 aliphatic rings. The van der Waals surface area contributed by atoms with E-state index in [4.69, 9.17) is 4.74 Å². The molecule has 1 aromatic carbocycles. The summed E-state index contributed by atoms with van der Waals surface area (Å²) < 4.78 is 57.7. The Balaban J connectivity index is 2.45. The maximum atomic E-state index is 13.4. The SMILES string of the molecule is CCCCCCCCCCCC(CC)OC(=O)c1cc(F)ccc1C(F)(F)F. The molecule has 28 heavy (non-hydrogen) atoms. The van der Waals surface area contributed by atoms with Crippen LogP contribution < -0.4 is 0 Å². The minimum absolute atomic E-state index is 0.457. The van der Waals surface area contributed by atoms with Crippen LogP contribution in [0.1, 0.15) is 100 Å². The second-order valence-electron chi connectivity index (χ2n) is 7.24. The number of hydrogen-bond acceptors (Lipinski definition) is 2. The molecule has 0 aromatic heterocycles. The Hall–Kier alpha value is -1.59. The summed E-state index contributed by atoms with van der Waals surface area (Å²) >= 11 is 0. The van der Waals surface area contributed by atoms with E-state index in [-0.39, 0.29) is 0 Å². The standard InChI is InChI=1S/C22H32F4O2/c1-3-5-6-7-8-9-10-11-12-13-18(4-2)28-21(27)19-16-17(23)14-15-20(19)22(24,25)26/h14-16,18H,3-13H2,1-2H3. The highest BCUT2D eigenvalue weighted by atomic mass is 19.4. The van der Waals surface area contributed by atoms with Crippen molar-refractivity contribution in [1.29, 1.82) is 0 Å². The van der Waals surface area contributed by atoms with E-state index in [1.807, 2.05) is 6.92 Å². The molecule has 160 valence electrons. The first-order valence-electron chi connectivity index (χ1n) is 10.4. The van der Waals surface area contributed by atoms with Gasteiger partial charge < -0.3 is 4.74 Å². The lowest BCUT2D eigenvalue weighted by atomic mass is 10.0. The molecule has 0 saturated heterocycles. The molecule has 0 aliphatic heterocycles. The van der Waals surface area contributed by atoms with Crippen molar-refractivity contribution >= 4 is 5.97 Å². The first-order valence-corrected chi connectivity index (χ1v) is 10.4. The van der Waals surface area contributed by atoms with Crippen molar-refractivity contribution in [3.05, 3.63) is 35.1 Å². The third-order valence-electron chi connectivity index (χ3n) is 4.87. The van der Waals surface area contributed by atoms with Crippen molar-refractivity contribution in [3.63, 3.8) is 0 Å². The van der Waals surface area contributed by atoms with Gasteiger partial charge in [0.2, 0.25) is 0 Å². The summed E-state index contributed by atoms with van der Waals surface area (Å²) in [6.45, 7) is 4.01. The van der Waals surface area contributed by atoms with Crippen molar-refractivity contribution < 1.29 is 27.1 Å². The molecular weight excluding hydrogens is 372 g/mol. The van der Waals surface area contributed by atoms with Crippen LogP contribution in [0, 0.1) is 5.82 Å². The molecule has 1 rings (SSSR count). The van der Waals surface area contributed by atoms with Gasteiger partial charge in [0.25, 0.3) is 0 Å². The Morgan fingerprint density at radius 2 is 1.54 bits per heavy atom. The van der Waals surface area contributed by atoms with Gasteiger partial charge in [0.15, 0.2) is 0 Å². The molecule has 0 saturated carbocycles. The second-order valence-corrected chi connectivity index (χ2v) is 7.24. The quantitative estimate of drug-likeness (QED) is 0.191. The van der Waals surface area contributed by atoms with E-state index in [9.17, 15) is 22.4 Å². The van der Waals surface area contributed by atoms with Crippen LogP contribution in [-0.4, -0.2) is 12.1 Å². The van der Waals surface area contributed by atoms with Crippen molar-refractivity contribution in [1.82, 2.24) is 0 Å². The van der Waals surface area contributed by atoms with E-state index in [1.165, 1.54) is 38.5 Å². The van der Waals surface area contributed by atoms with Gasteiger partial charge in [-0.3, -0.25) is 0 Å². The van der Waals surface area contributed by atoms with Gasteiger partial charge in [-0.05, 0) is 37.5 Å². The average Bonchev–Trinajstić information content (AvgIpc) is 2.64. The minimum atomic E-state index is -4.74. The van der Waals surface area contributed by atoms with Gasteiger partial charge in [0.05, 0.1) is 11.1 Å². The molecule has 0 fully saturated rings. The topological polar surface area (TPSA) is 26.3 Å². The van der Waals surface area contributed by atoms with E-state index in [2.05, 4.69) is 6.92 Å². The number of unbranched alkanes of at least 4 members (excludes halogenated alkanes) is 8. The van der Waals surface area contributed by atoms with Crippen LogP contribution in [0.3, 0.4) is 0 Å². The normalized spacial score (nSPS) is 12.8. The van der Waals surface area contributed by atoms with E-state index in [0.29, 0.717) is 31.0 Å². The fourth-order valence-electron chi connectivity index (χ4n) is 3.18. The molecule has 0 amide bonds. The molecule has 1 unspecified atom stereocenters. The van der Waals surface area contributed by atoms with Crippen LogP contribution >= 0.6 is 0 Å². The maximum Gasteiger partial charge on any atom is 0.417 e. The molecule has 0 bridgehead atoms. The summed E-state index contributed by atoms with van der Waals surface area (Å²) in [7, 11) is 0. The zero-order chi connectivity index (χ0) is 21.0. The number of hydrogen-bond donors (Lipinski definition) is 0.